The molecule has 1 aliphatic heterocycles. The van der Waals surface area contributed by atoms with Gasteiger partial charge >= 0.3 is 0 Å². The Bertz CT molecular complexity index is 353. The van der Waals surface area contributed by atoms with E-state index in [0.717, 1.165) is 5.56 Å². The lowest BCUT2D eigenvalue weighted by atomic mass is 10.2. The number of nitrogens with one attached hydrogen (secondary N) is 1. The average molecular weight is 220 g/mol. The Morgan fingerprint density at radius 3 is 2.81 bits per heavy atom. The zero-order chi connectivity index (χ0) is 11.4. The van der Waals surface area contributed by atoms with Crippen molar-refractivity contribution in [3.8, 4) is 0 Å². The fraction of sp³-hybridized carbons (Fsp3) is 0.417. The van der Waals surface area contributed by atoms with E-state index in [1.807, 2.05) is 42.4 Å². The van der Waals surface area contributed by atoms with E-state index in [1.165, 1.54) is 0 Å². The van der Waals surface area contributed by atoms with Crippen LogP contribution >= 0.6 is 0 Å². The number of rotatable bonds is 4. The third kappa shape index (κ3) is 2.81. The van der Waals surface area contributed by atoms with Crippen molar-refractivity contribution >= 4 is 5.91 Å². The Morgan fingerprint density at radius 1 is 1.44 bits per heavy atom. The number of nitrogens with zero attached hydrogens (tertiary/aromatic N) is 1. The molecule has 1 N–H and O–H groups in total. The highest BCUT2D eigenvalue weighted by molar-refractivity contribution is 5.77. The second-order valence-corrected chi connectivity index (χ2v) is 4.00. The zero-order valence-electron chi connectivity index (χ0n) is 9.35. The highest BCUT2D eigenvalue weighted by Crippen LogP contribution is 2.09. The molecule has 86 valence electrons. The van der Waals surface area contributed by atoms with E-state index in [-0.39, 0.29) is 11.9 Å². The van der Waals surface area contributed by atoms with Gasteiger partial charge in [-0.25, -0.2) is 5.01 Å². The number of hydrazine groups is 1. The maximum atomic E-state index is 11.1. The summed E-state index contributed by atoms with van der Waals surface area (Å²) in [6.07, 6.45) is 0.519. The van der Waals surface area contributed by atoms with Crippen LogP contribution in [0.25, 0.3) is 0 Å². The number of carbonyl (C=O) groups is 1. The van der Waals surface area contributed by atoms with Crippen LogP contribution in [0.4, 0.5) is 0 Å². The van der Waals surface area contributed by atoms with Gasteiger partial charge < -0.3 is 4.74 Å². The number of hydrogen-bond acceptors (Lipinski definition) is 3. The second-order valence-electron chi connectivity index (χ2n) is 4.00. The fourth-order valence-electron chi connectivity index (χ4n) is 1.74. The Morgan fingerprint density at radius 2 is 2.19 bits per heavy atom. The summed E-state index contributed by atoms with van der Waals surface area (Å²) in [5.74, 6) is 0.0656. The minimum atomic E-state index is 0.0656. The van der Waals surface area contributed by atoms with Crippen LogP contribution in [-0.4, -0.2) is 30.6 Å². The third-order valence-electron chi connectivity index (χ3n) is 2.69. The fourth-order valence-corrected chi connectivity index (χ4v) is 1.74. The number of amides is 1. The minimum absolute atomic E-state index is 0.0656. The molecule has 1 aliphatic rings. The molecule has 0 aliphatic carbocycles. The average Bonchev–Trinajstić information content (AvgIpc) is 2.59. The SMILES string of the molecule is CN1NC(=O)C[C@@H]1COCc1ccccc1. The van der Waals surface area contributed by atoms with E-state index in [0.29, 0.717) is 19.6 Å². The lowest BCUT2D eigenvalue weighted by Gasteiger charge is -2.17. The number of likely N-dealkylation sites (N-methyl/N-ethyl adjacent to an activating group) is 1. The maximum Gasteiger partial charge on any atom is 0.236 e. The third-order valence-corrected chi connectivity index (χ3v) is 2.69. The van der Waals surface area contributed by atoms with Crippen molar-refractivity contribution in [2.75, 3.05) is 13.7 Å². The van der Waals surface area contributed by atoms with E-state index >= 15 is 0 Å². The second kappa shape index (κ2) is 5.09. The van der Waals surface area contributed by atoms with Crippen LogP contribution in [0.3, 0.4) is 0 Å². The highest BCUT2D eigenvalue weighted by Gasteiger charge is 2.26. The highest BCUT2D eigenvalue weighted by atomic mass is 16.5. The van der Waals surface area contributed by atoms with Crippen molar-refractivity contribution in [3.63, 3.8) is 0 Å². The Balaban J connectivity index is 1.74. The molecule has 1 atom stereocenters. The largest absolute Gasteiger partial charge is 0.375 e. The first-order valence-electron chi connectivity index (χ1n) is 5.39. The Labute approximate surface area is 95.2 Å². The molecule has 4 heteroatoms. The molecule has 1 aromatic carbocycles. The summed E-state index contributed by atoms with van der Waals surface area (Å²) in [5, 5.41) is 1.81. The van der Waals surface area contributed by atoms with Gasteiger partial charge in [-0.05, 0) is 5.56 Å². The van der Waals surface area contributed by atoms with Crippen LogP contribution in [-0.2, 0) is 16.1 Å². The van der Waals surface area contributed by atoms with Crippen LogP contribution in [0.15, 0.2) is 30.3 Å². The number of hydrogen-bond donors (Lipinski definition) is 1. The van der Waals surface area contributed by atoms with Gasteiger partial charge in [0.2, 0.25) is 5.91 Å². The number of ether oxygens (including phenoxy) is 1. The molecule has 2 rings (SSSR count). The summed E-state index contributed by atoms with van der Waals surface area (Å²) in [4.78, 5) is 11.1. The van der Waals surface area contributed by atoms with Gasteiger partial charge in [0, 0.05) is 13.5 Å². The predicted molar refractivity (Wildman–Crippen MR) is 60.4 cm³/mol. The van der Waals surface area contributed by atoms with Crippen LogP contribution in [0.5, 0.6) is 0 Å². The van der Waals surface area contributed by atoms with E-state index in [2.05, 4.69) is 5.43 Å². The quantitative estimate of drug-likeness (QED) is 0.821. The molecular weight excluding hydrogens is 204 g/mol. The lowest BCUT2D eigenvalue weighted by molar-refractivity contribution is -0.120. The van der Waals surface area contributed by atoms with Crippen LogP contribution in [0.2, 0.25) is 0 Å². The summed E-state index contributed by atoms with van der Waals surface area (Å²) >= 11 is 0. The van der Waals surface area contributed by atoms with Crippen molar-refractivity contribution in [1.29, 1.82) is 0 Å². The molecule has 4 nitrogen and oxygen atoms in total. The van der Waals surface area contributed by atoms with Gasteiger partial charge in [0.1, 0.15) is 0 Å². The molecule has 0 aromatic heterocycles. The molecule has 0 spiro atoms. The monoisotopic (exact) mass is 220 g/mol. The van der Waals surface area contributed by atoms with Crippen molar-refractivity contribution in [3.05, 3.63) is 35.9 Å². The lowest BCUT2D eigenvalue weighted by Crippen LogP contribution is -2.36. The first-order chi connectivity index (χ1) is 7.75. The molecule has 0 saturated carbocycles. The van der Waals surface area contributed by atoms with Gasteiger partial charge in [0.15, 0.2) is 0 Å². The predicted octanol–water partition coefficient (Wildman–Crippen LogP) is 0.938. The minimum Gasteiger partial charge on any atom is -0.375 e. The molecule has 1 amide bonds. The van der Waals surface area contributed by atoms with Crippen LogP contribution in [0, 0.1) is 0 Å². The molecular formula is C12H16N2O2. The zero-order valence-corrected chi connectivity index (χ0v) is 9.35. The van der Waals surface area contributed by atoms with E-state index in [9.17, 15) is 4.79 Å². The molecule has 1 heterocycles. The van der Waals surface area contributed by atoms with E-state index in [4.69, 9.17) is 4.74 Å². The summed E-state index contributed by atoms with van der Waals surface area (Å²) in [6, 6.07) is 10.2. The van der Waals surface area contributed by atoms with Crippen molar-refractivity contribution in [1.82, 2.24) is 10.4 Å². The van der Waals surface area contributed by atoms with Crippen LogP contribution < -0.4 is 5.43 Å². The molecule has 1 saturated heterocycles. The maximum absolute atomic E-state index is 11.1. The summed E-state index contributed by atoms with van der Waals surface area (Å²) in [5.41, 5.74) is 3.88. The smallest absolute Gasteiger partial charge is 0.236 e. The normalized spacial score (nSPS) is 21.1. The van der Waals surface area contributed by atoms with E-state index < -0.39 is 0 Å². The molecule has 16 heavy (non-hydrogen) atoms. The molecule has 0 radical (unpaired) electrons. The molecule has 1 fully saturated rings. The van der Waals surface area contributed by atoms with Gasteiger partial charge in [-0.15, -0.1) is 0 Å². The Hall–Kier alpha value is -1.39. The van der Waals surface area contributed by atoms with Crippen LogP contribution in [0.1, 0.15) is 12.0 Å². The first-order valence-corrected chi connectivity index (χ1v) is 5.39. The first kappa shape index (κ1) is 11.1. The number of benzene rings is 1. The van der Waals surface area contributed by atoms with Crippen molar-refractivity contribution in [2.45, 2.75) is 19.1 Å². The van der Waals surface area contributed by atoms with Gasteiger partial charge in [-0.2, -0.15) is 0 Å². The topological polar surface area (TPSA) is 41.6 Å². The van der Waals surface area contributed by atoms with Gasteiger partial charge in [0.05, 0.1) is 19.3 Å². The van der Waals surface area contributed by atoms with Gasteiger partial charge in [-0.1, -0.05) is 30.3 Å². The molecule has 1 aromatic rings. The summed E-state index contributed by atoms with van der Waals surface area (Å²) in [7, 11) is 1.86. The van der Waals surface area contributed by atoms with Crippen molar-refractivity contribution < 1.29 is 9.53 Å². The van der Waals surface area contributed by atoms with Gasteiger partial charge in [-0.3, -0.25) is 10.2 Å². The summed E-state index contributed by atoms with van der Waals surface area (Å²) < 4.78 is 5.59. The molecule has 0 bridgehead atoms. The van der Waals surface area contributed by atoms with Gasteiger partial charge in [0.25, 0.3) is 0 Å². The van der Waals surface area contributed by atoms with E-state index in [1.54, 1.807) is 0 Å². The van der Waals surface area contributed by atoms with Crippen molar-refractivity contribution in [2.24, 2.45) is 0 Å². The summed E-state index contributed by atoms with van der Waals surface area (Å²) in [6.45, 7) is 1.17. The number of carbonyl (C=O) groups excluding carboxylic acids is 1. The standard InChI is InChI=1S/C12H16N2O2/c1-14-11(7-12(15)13-14)9-16-8-10-5-3-2-4-6-10/h2-6,11H,7-9H2,1H3,(H,13,15)/t11-/m1/s1. The Kier molecular flexibility index (Phi) is 3.54. The molecule has 0 unspecified atom stereocenters.